The topological polar surface area (TPSA) is 23.5 Å². The molecular weight excluding hydrogens is 234 g/mol. The van der Waals surface area contributed by atoms with Crippen LogP contribution in [0.5, 0.6) is 0 Å². The van der Waals surface area contributed by atoms with Gasteiger partial charge in [0.1, 0.15) is 0 Å². The number of piperidine rings is 1. The van der Waals surface area contributed by atoms with Gasteiger partial charge in [0, 0.05) is 12.1 Å². The van der Waals surface area contributed by atoms with Crippen molar-refractivity contribution in [1.29, 1.82) is 0 Å². The number of unbranched alkanes of at least 4 members (excludes halogenated alkanes) is 1. The highest BCUT2D eigenvalue weighted by Crippen LogP contribution is 2.32. The van der Waals surface area contributed by atoms with Gasteiger partial charge in [0.25, 0.3) is 0 Å². The summed E-state index contributed by atoms with van der Waals surface area (Å²) in [5.41, 5.74) is 1.41. The lowest BCUT2D eigenvalue weighted by Crippen LogP contribution is -2.44. The van der Waals surface area contributed by atoms with Gasteiger partial charge in [0.15, 0.2) is 0 Å². The molecule has 2 rings (SSSR count). The molecule has 1 fully saturated rings. The normalized spacial score (nSPS) is 22.3. The second kappa shape index (κ2) is 7.66. The Labute approximate surface area is 117 Å². The number of benzene rings is 1. The van der Waals surface area contributed by atoms with Crippen LogP contribution in [0.15, 0.2) is 30.3 Å². The van der Waals surface area contributed by atoms with Crippen molar-refractivity contribution in [3.8, 4) is 0 Å². The number of aliphatic hydroxyl groups is 1. The fourth-order valence-corrected chi connectivity index (χ4v) is 3.23. The summed E-state index contributed by atoms with van der Waals surface area (Å²) in [6.07, 6.45) is 7.38. The maximum absolute atomic E-state index is 9.64. The molecule has 0 saturated carbocycles. The first kappa shape index (κ1) is 14.5. The Hall–Kier alpha value is -0.860. The van der Waals surface area contributed by atoms with E-state index in [9.17, 15) is 5.11 Å². The summed E-state index contributed by atoms with van der Waals surface area (Å²) in [6, 6.07) is 11.7. The standard InChI is InChI=1S/C17H27NO/c1-2-3-12-17(15-9-5-4-6-10-15)18-13-8-7-11-16(18)14-19/h4-6,9-10,16-17,19H,2-3,7-8,11-14H2,1H3/t16-,17-/m1/s1. The lowest BCUT2D eigenvalue weighted by molar-refractivity contribution is 0.0481. The molecule has 0 amide bonds. The summed E-state index contributed by atoms with van der Waals surface area (Å²) in [5, 5.41) is 9.64. The first-order valence-corrected chi connectivity index (χ1v) is 7.78. The molecule has 1 aliphatic rings. The third-order valence-corrected chi connectivity index (χ3v) is 4.30. The number of likely N-dealkylation sites (tertiary alicyclic amines) is 1. The van der Waals surface area contributed by atoms with E-state index < -0.39 is 0 Å². The molecule has 2 heteroatoms. The van der Waals surface area contributed by atoms with Crippen LogP contribution in [-0.2, 0) is 0 Å². The highest BCUT2D eigenvalue weighted by Gasteiger charge is 2.28. The molecule has 106 valence electrons. The Bertz CT molecular complexity index is 352. The summed E-state index contributed by atoms with van der Waals surface area (Å²) in [4.78, 5) is 2.55. The minimum atomic E-state index is 0.301. The van der Waals surface area contributed by atoms with Crippen molar-refractivity contribution in [2.75, 3.05) is 13.2 Å². The third kappa shape index (κ3) is 3.80. The van der Waals surface area contributed by atoms with E-state index in [0.29, 0.717) is 18.7 Å². The van der Waals surface area contributed by atoms with Crippen LogP contribution >= 0.6 is 0 Å². The number of nitrogens with zero attached hydrogens (tertiary/aromatic N) is 1. The minimum absolute atomic E-state index is 0.301. The average Bonchev–Trinajstić information content (AvgIpc) is 2.49. The third-order valence-electron chi connectivity index (χ3n) is 4.30. The van der Waals surface area contributed by atoms with E-state index in [0.717, 1.165) is 13.0 Å². The smallest absolute Gasteiger partial charge is 0.0587 e. The van der Waals surface area contributed by atoms with E-state index in [1.807, 2.05) is 0 Å². The molecule has 0 aromatic heterocycles. The summed E-state index contributed by atoms with van der Waals surface area (Å²) in [6.45, 7) is 3.69. The second-order valence-electron chi connectivity index (χ2n) is 5.64. The zero-order chi connectivity index (χ0) is 13.5. The van der Waals surface area contributed by atoms with Crippen molar-refractivity contribution in [2.24, 2.45) is 0 Å². The van der Waals surface area contributed by atoms with Crippen molar-refractivity contribution >= 4 is 0 Å². The van der Waals surface area contributed by atoms with Gasteiger partial charge in [-0.3, -0.25) is 4.90 Å². The maximum Gasteiger partial charge on any atom is 0.0587 e. The number of hydrogen-bond donors (Lipinski definition) is 1. The number of rotatable bonds is 6. The number of hydrogen-bond acceptors (Lipinski definition) is 2. The van der Waals surface area contributed by atoms with Crippen LogP contribution in [0.3, 0.4) is 0 Å². The van der Waals surface area contributed by atoms with E-state index in [1.54, 1.807) is 0 Å². The van der Waals surface area contributed by atoms with Crippen molar-refractivity contribution in [2.45, 2.75) is 57.5 Å². The highest BCUT2D eigenvalue weighted by atomic mass is 16.3. The monoisotopic (exact) mass is 261 g/mol. The molecule has 19 heavy (non-hydrogen) atoms. The summed E-state index contributed by atoms with van der Waals surface area (Å²) < 4.78 is 0. The van der Waals surface area contributed by atoms with Gasteiger partial charge in [0.05, 0.1) is 6.61 Å². The van der Waals surface area contributed by atoms with Crippen LogP contribution in [-0.4, -0.2) is 29.2 Å². The Morgan fingerprint density at radius 1 is 1.26 bits per heavy atom. The first-order chi connectivity index (χ1) is 9.36. The predicted molar refractivity (Wildman–Crippen MR) is 80.1 cm³/mol. The fourth-order valence-electron chi connectivity index (χ4n) is 3.23. The Morgan fingerprint density at radius 3 is 2.74 bits per heavy atom. The minimum Gasteiger partial charge on any atom is -0.395 e. The molecule has 1 aliphatic heterocycles. The van der Waals surface area contributed by atoms with Crippen LogP contribution in [0.4, 0.5) is 0 Å². The van der Waals surface area contributed by atoms with Gasteiger partial charge in [-0.25, -0.2) is 0 Å². The van der Waals surface area contributed by atoms with E-state index in [2.05, 4.69) is 42.2 Å². The van der Waals surface area contributed by atoms with Crippen LogP contribution in [0.25, 0.3) is 0 Å². The van der Waals surface area contributed by atoms with Gasteiger partial charge < -0.3 is 5.11 Å². The Morgan fingerprint density at radius 2 is 2.05 bits per heavy atom. The highest BCUT2D eigenvalue weighted by molar-refractivity contribution is 5.19. The molecule has 0 unspecified atom stereocenters. The molecule has 0 bridgehead atoms. The Balaban J connectivity index is 2.16. The molecule has 0 radical (unpaired) electrons. The number of aliphatic hydroxyl groups excluding tert-OH is 1. The summed E-state index contributed by atoms with van der Waals surface area (Å²) in [7, 11) is 0. The van der Waals surface area contributed by atoms with E-state index in [-0.39, 0.29) is 0 Å². The molecule has 1 aromatic carbocycles. The molecule has 1 heterocycles. The Kier molecular flexibility index (Phi) is 5.87. The predicted octanol–water partition coefficient (Wildman–Crippen LogP) is 3.76. The van der Waals surface area contributed by atoms with E-state index in [4.69, 9.17) is 0 Å². The lowest BCUT2D eigenvalue weighted by atomic mass is 9.93. The van der Waals surface area contributed by atoms with E-state index >= 15 is 0 Å². The van der Waals surface area contributed by atoms with Crippen LogP contribution in [0, 0.1) is 0 Å². The van der Waals surface area contributed by atoms with Gasteiger partial charge in [-0.1, -0.05) is 56.5 Å². The molecule has 1 saturated heterocycles. The molecule has 1 aromatic rings. The van der Waals surface area contributed by atoms with Crippen LogP contribution < -0.4 is 0 Å². The van der Waals surface area contributed by atoms with Crippen LogP contribution in [0.1, 0.15) is 57.1 Å². The SMILES string of the molecule is CCCC[C@H](c1ccccc1)N1CCCC[C@@H]1CO. The fraction of sp³-hybridized carbons (Fsp3) is 0.647. The van der Waals surface area contributed by atoms with Crippen molar-refractivity contribution < 1.29 is 5.11 Å². The molecule has 2 atom stereocenters. The van der Waals surface area contributed by atoms with Crippen molar-refractivity contribution in [1.82, 2.24) is 4.90 Å². The van der Waals surface area contributed by atoms with Crippen molar-refractivity contribution in [3.63, 3.8) is 0 Å². The summed E-state index contributed by atoms with van der Waals surface area (Å²) in [5.74, 6) is 0. The quantitative estimate of drug-likeness (QED) is 0.842. The zero-order valence-corrected chi connectivity index (χ0v) is 12.1. The average molecular weight is 261 g/mol. The molecule has 0 spiro atoms. The van der Waals surface area contributed by atoms with Gasteiger partial charge in [-0.05, 0) is 31.4 Å². The molecular formula is C17H27NO. The second-order valence-corrected chi connectivity index (χ2v) is 5.64. The molecule has 1 N–H and O–H groups in total. The van der Waals surface area contributed by atoms with Gasteiger partial charge in [-0.2, -0.15) is 0 Å². The van der Waals surface area contributed by atoms with Crippen molar-refractivity contribution in [3.05, 3.63) is 35.9 Å². The maximum atomic E-state index is 9.64. The first-order valence-electron chi connectivity index (χ1n) is 7.78. The lowest BCUT2D eigenvalue weighted by Gasteiger charge is -2.41. The summed E-state index contributed by atoms with van der Waals surface area (Å²) >= 11 is 0. The van der Waals surface area contributed by atoms with Gasteiger partial charge in [-0.15, -0.1) is 0 Å². The zero-order valence-electron chi connectivity index (χ0n) is 12.1. The molecule has 0 aliphatic carbocycles. The van der Waals surface area contributed by atoms with E-state index in [1.165, 1.54) is 37.7 Å². The van der Waals surface area contributed by atoms with Gasteiger partial charge >= 0.3 is 0 Å². The van der Waals surface area contributed by atoms with Crippen LogP contribution in [0.2, 0.25) is 0 Å². The molecule has 2 nitrogen and oxygen atoms in total. The van der Waals surface area contributed by atoms with Gasteiger partial charge in [0.2, 0.25) is 0 Å². The largest absolute Gasteiger partial charge is 0.395 e.